The van der Waals surface area contributed by atoms with E-state index in [-0.39, 0.29) is 0 Å². The third-order valence-electron chi connectivity index (χ3n) is 5.31. The van der Waals surface area contributed by atoms with Crippen molar-refractivity contribution in [1.82, 2.24) is 0 Å². The summed E-state index contributed by atoms with van der Waals surface area (Å²) in [7, 11) is 0. The average molecular weight is 294 g/mol. The van der Waals surface area contributed by atoms with E-state index in [0.717, 1.165) is 6.42 Å². The SMILES string of the molecule is CC1=C2c3c(C)cccc3-c3ccccc3-c3cccc(c32)C1. The quantitative estimate of drug-likeness (QED) is 0.372. The molecule has 0 saturated carbocycles. The Morgan fingerprint density at radius 2 is 1.22 bits per heavy atom. The second kappa shape index (κ2) is 4.45. The van der Waals surface area contributed by atoms with Crippen molar-refractivity contribution in [3.63, 3.8) is 0 Å². The highest BCUT2D eigenvalue weighted by molar-refractivity contribution is 6.05. The molecule has 0 saturated heterocycles. The van der Waals surface area contributed by atoms with Crippen molar-refractivity contribution in [2.24, 2.45) is 0 Å². The van der Waals surface area contributed by atoms with Gasteiger partial charge in [0.05, 0.1) is 0 Å². The van der Waals surface area contributed by atoms with Crippen molar-refractivity contribution in [2.75, 3.05) is 0 Å². The molecule has 0 heterocycles. The van der Waals surface area contributed by atoms with Crippen molar-refractivity contribution in [1.29, 1.82) is 0 Å². The highest BCUT2D eigenvalue weighted by Crippen LogP contribution is 2.51. The van der Waals surface area contributed by atoms with E-state index in [0.29, 0.717) is 0 Å². The molecule has 3 aromatic carbocycles. The zero-order valence-corrected chi connectivity index (χ0v) is 13.5. The van der Waals surface area contributed by atoms with Crippen molar-refractivity contribution in [3.8, 4) is 22.3 Å². The second-order valence-electron chi connectivity index (χ2n) is 6.71. The van der Waals surface area contributed by atoms with Crippen molar-refractivity contribution in [2.45, 2.75) is 20.3 Å². The van der Waals surface area contributed by atoms with E-state index in [1.807, 2.05) is 0 Å². The van der Waals surface area contributed by atoms with Crippen molar-refractivity contribution >= 4 is 5.57 Å². The molecule has 110 valence electrons. The van der Waals surface area contributed by atoms with Crippen LogP contribution in [0, 0.1) is 6.92 Å². The summed E-state index contributed by atoms with van der Waals surface area (Å²) in [6, 6.07) is 22.4. The number of allylic oxidation sites excluding steroid dienone is 1. The van der Waals surface area contributed by atoms with Crippen LogP contribution >= 0.6 is 0 Å². The summed E-state index contributed by atoms with van der Waals surface area (Å²) in [5, 5.41) is 0. The van der Waals surface area contributed by atoms with Crippen LogP contribution in [-0.2, 0) is 6.42 Å². The Bertz CT molecular complexity index is 987. The summed E-state index contributed by atoms with van der Waals surface area (Å²) < 4.78 is 0. The standard InChI is InChI=1S/C23H18/c1-14-7-5-11-19-17-9-3-4-10-18(17)20-12-6-8-16-13-15(2)22(21(14)19)23(16)20/h3-12H,13H2,1-2H3. The Morgan fingerprint density at radius 3 is 1.96 bits per heavy atom. The smallest absolute Gasteiger partial charge is 0.00540 e. The molecule has 0 heteroatoms. The fourth-order valence-electron chi connectivity index (χ4n) is 4.37. The molecule has 0 spiro atoms. The molecule has 3 aromatic rings. The van der Waals surface area contributed by atoms with Crippen LogP contribution in [0.4, 0.5) is 0 Å². The summed E-state index contributed by atoms with van der Waals surface area (Å²) in [5.74, 6) is 0. The Balaban J connectivity index is 2.05. The summed E-state index contributed by atoms with van der Waals surface area (Å²) in [4.78, 5) is 0. The molecule has 0 amide bonds. The molecule has 2 aliphatic carbocycles. The van der Waals surface area contributed by atoms with Crippen LogP contribution in [0.25, 0.3) is 27.8 Å². The second-order valence-corrected chi connectivity index (χ2v) is 6.71. The van der Waals surface area contributed by atoms with Gasteiger partial charge in [0.1, 0.15) is 0 Å². The lowest BCUT2D eigenvalue weighted by Gasteiger charge is -2.14. The zero-order valence-electron chi connectivity index (χ0n) is 13.5. The molecule has 0 fully saturated rings. The number of benzene rings is 3. The van der Waals surface area contributed by atoms with Gasteiger partial charge in [-0.05, 0) is 70.3 Å². The first-order chi connectivity index (χ1) is 11.3. The zero-order chi connectivity index (χ0) is 15.6. The third-order valence-corrected chi connectivity index (χ3v) is 5.31. The van der Waals surface area contributed by atoms with Crippen molar-refractivity contribution < 1.29 is 0 Å². The molecular weight excluding hydrogens is 276 g/mol. The Kier molecular flexibility index (Phi) is 2.50. The average Bonchev–Trinajstić information content (AvgIpc) is 2.83. The molecule has 0 bridgehead atoms. The maximum Gasteiger partial charge on any atom is -0.00540 e. The first kappa shape index (κ1) is 12.9. The monoisotopic (exact) mass is 294 g/mol. The molecule has 0 N–H and O–H groups in total. The van der Waals surface area contributed by atoms with Gasteiger partial charge < -0.3 is 0 Å². The van der Waals surface area contributed by atoms with Crippen LogP contribution in [0.1, 0.15) is 29.2 Å². The minimum Gasteiger partial charge on any atom is -0.0616 e. The van der Waals surface area contributed by atoms with Gasteiger partial charge in [0, 0.05) is 0 Å². The first-order valence-corrected chi connectivity index (χ1v) is 8.27. The minimum atomic E-state index is 1.08. The molecule has 0 aliphatic heterocycles. The van der Waals surface area contributed by atoms with E-state index in [1.165, 1.54) is 55.7 Å². The molecule has 0 unspecified atom stereocenters. The normalized spacial score (nSPS) is 14.2. The van der Waals surface area contributed by atoms with E-state index in [1.54, 1.807) is 0 Å². The Morgan fingerprint density at radius 1 is 0.609 bits per heavy atom. The predicted molar refractivity (Wildman–Crippen MR) is 97.5 cm³/mol. The number of hydrogen-bond donors (Lipinski definition) is 0. The van der Waals surface area contributed by atoms with E-state index in [9.17, 15) is 0 Å². The first-order valence-electron chi connectivity index (χ1n) is 8.27. The van der Waals surface area contributed by atoms with Gasteiger partial charge in [0.15, 0.2) is 0 Å². The summed E-state index contributed by atoms with van der Waals surface area (Å²) in [6.45, 7) is 4.54. The molecule has 5 rings (SSSR count). The van der Waals surface area contributed by atoms with Gasteiger partial charge in [-0.2, -0.15) is 0 Å². The number of aryl methyl sites for hydroxylation is 1. The fraction of sp³-hybridized carbons (Fsp3) is 0.130. The lowest BCUT2D eigenvalue weighted by atomic mass is 9.89. The van der Waals surface area contributed by atoms with Crippen molar-refractivity contribution in [3.05, 3.63) is 88.5 Å². The van der Waals surface area contributed by atoms with Crippen LogP contribution in [0.15, 0.2) is 66.2 Å². The molecular formula is C23H18. The van der Waals surface area contributed by atoms with Crippen LogP contribution in [-0.4, -0.2) is 0 Å². The fourth-order valence-corrected chi connectivity index (χ4v) is 4.37. The van der Waals surface area contributed by atoms with Gasteiger partial charge in [-0.15, -0.1) is 0 Å². The van der Waals surface area contributed by atoms with E-state index < -0.39 is 0 Å². The summed E-state index contributed by atoms with van der Waals surface area (Å²) >= 11 is 0. The molecule has 0 atom stereocenters. The molecule has 2 aliphatic rings. The van der Waals surface area contributed by atoms with Crippen LogP contribution < -0.4 is 0 Å². The van der Waals surface area contributed by atoms with Gasteiger partial charge in [-0.1, -0.05) is 66.2 Å². The van der Waals surface area contributed by atoms with Gasteiger partial charge in [0.2, 0.25) is 0 Å². The maximum absolute atomic E-state index is 2.30. The number of hydrogen-bond acceptors (Lipinski definition) is 0. The van der Waals surface area contributed by atoms with Gasteiger partial charge in [-0.25, -0.2) is 0 Å². The highest BCUT2D eigenvalue weighted by atomic mass is 14.3. The Labute approximate surface area is 137 Å². The van der Waals surface area contributed by atoms with E-state index in [2.05, 4.69) is 74.5 Å². The van der Waals surface area contributed by atoms with Gasteiger partial charge in [0.25, 0.3) is 0 Å². The summed E-state index contributed by atoms with van der Waals surface area (Å²) in [6.07, 6.45) is 1.08. The molecule has 0 aromatic heterocycles. The third kappa shape index (κ3) is 1.61. The van der Waals surface area contributed by atoms with Gasteiger partial charge >= 0.3 is 0 Å². The largest absolute Gasteiger partial charge is 0.0616 e. The Hall–Kier alpha value is -2.60. The number of rotatable bonds is 0. The van der Waals surface area contributed by atoms with Crippen LogP contribution in [0.3, 0.4) is 0 Å². The lowest BCUT2D eigenvalue weighted by Crippen LogP contribution is -1.93. The predicted octanol–water partition coefficient (Wildman–Crippen LogP) is 6.02. The van der Waals surface area contributed by atoms with Crippen LogP contribution in [0.2, 0.25) is 0 Å². The highest BCUT2D eigenvalue weighted by Gasteiger charge is 2.30. The van der Waals surface area contributed by atoms with Gasteiger partial charge in [-0.3, -0.25) is 0 Å². The molecule has 23 heavy (non-hydrogen) atoms. The topological polar surface area (TPSA) is 0 Å². The van der Waals surface area contributed by atoms with E-state index in [4.69, 9.17) is 0 Å². The van der Waals surface area contributed by atoms with Crippen LogP contribution in [0.5, 0.6) is 0 Å². The number of fused-ring (bicyclic) bond motifs is 5. The van der Waals surface area contributed by atoms with E-state index >= 15 is 0 Å². The molecule has 0 nitrogen and oxygen atoms in total. The lowest BCUT2D eigenvalue weighted by molar-refractivity contribution is 1.19. The summed E-state index contributed by atoms with van der Waals surface area (Å²) in [5.41, 5.74) is 14.2. The minimum absolute atomic E-state index is 1.08. The molecule has 0 radical (unpaired) electrons. The maximum atomic E-state index is 2.30.